The molecule has 150 valence electrons. The molecule has 0 atom stereocenters. The van der Waals surface area contributed by atoms with Crippen LogP contribution in [-0.4, -0.2) is 49.7 Å². The lowest BCUT2D eigenvalue weighted by molar-refractivity contribution is 0.0702. The van der Waals surface area contributed by atoms with Crippen LogP contribution in [0.15, 0.2) is 29.2 Å². The lowest BCUT2D eigenvalue weighted by atomic mass is 9.99. The maximum Gasteiger partial charge on any atom is 0.264 e. The number of hydrogen-bond acceptors (Lipinski definition) is 4. The molecule has 0 saturated carbocycles. The van der Waals surface area contributed by atoms with Gasteiger partial charge in [0.15, 0.2) is 0 Å². The Morgan fingerprint density at radius 3 is 2.36 bits per heavy atom. The summed E-state index contributed by atoms with van der Waals surface area (Å²) in [5, 5.41) is 0. The van der Waals surface area contributed by atoms with Crippen molar-refractivity contribution in [2.24, 2.45) is 0 Å². The number of hydrogen-bond donors (Lipinski definition) is 0. The van der Waals surface area contributed by atoms with Gasteiger partial charge in [-0.1, -0.05) is 6.07 Å². The van der Waals surface area contributed by atoms with Gasteiger partial charge in [0, 0.05) is 31.1 Å². The Morgan fingerprint density at radius 1 is 0.964 bits per heavy atom. The van der Waals surface area contributed by atoms with E-state index in [4.69, 9.17) is 0 Å². The summed E-state index contributed by atoms with van der Waals surface area (Å²) >= 11 is 1.62. The van der Waals surface area contributed by atoms with Crippen molar-refractivity contribution in [3.63, 3.8) is 0 Å². The normalized spacial score (nSPS) is 18.1. The molecule has 2 heterocycles. The average Bonchev–Trinajstić information content (AvgIpc) is 3.13. The fourth-order valence-corrected chi connectivity index (χ4v) is 6.64. The van der Waals surface area contributed by atoms with Crippen molar-refractivity contribution >= 4 is 27.3 Å². The summed E-state index contributed by atoms with van der Waals surface area (Å²) < 4.78 is 27.4. The molecule has 1 amide bonds. The van der Waals surface area contributed by atoms with Crippen LogP contribution < -0.4 is 0 Å². The van der Waals surface area contributed by atoms with Crippen molar-refractivity contribution in [2.45, 2.75) is 44.4 Å². The minimum atomic E-state index is -3.52. The molecule has 5 nitrogen and oxygen atoms in total. The smallest absolute Gasteiger partial charge is 0.264 e. The van der Waals surface area contributed by atoms with E-state index in [0.29, 0.717) is 31.1 Å². The van der Waals surface area contributed by atoms with Crippen LogP contribution in [0.25, 0.3) is 0 Å². The topological polar surface area (TPSA) is 57.7 Å². The molecular formula is C21H26N2O3S2. The third-order valence-corrected chi connectivity index (χ3v) is 8.97. The molecule has 1 aliphatic carbocycles. The predicted octanol–water partition coefficient (Wildman–Crippen LogP) is 3.39. The molecule has 0 spiro atoms. The molecule has 2 aromatic rings. The molecule has 0 unspecified atom stereocenters. The average molecular weight is 419 g/mol. The second-order valence-electron chi connectivity index (χ2n) is 7.71. The Hall–Kier alpha value is -1.70. The van der Waals surface area contributed by atoms with Gasteiger partial charge in [0.1, 0.15) is 0 Å². The van der Waals surface area contributed by atoms with Gasteiger partial charge < -0.3 is 4.90 Å². The lowest BCUT2D eigenvalue weighted by Crippen LogP contribution is -2.50. The summed E-state index contributed by atoms with van der Waals surface area (Å²) in [4.78, 5) is 17.2. The summed E-state index contributed by atoms with van der Waals surface area (Å²) in [7, 11) is -3.52. The highest BCUT2D eigenvalue weighted by molar-refractivity contribution is 7.89. The number of carbonyl (C=O) groups is 1. The van der Waals surface area contributed by atoms with Gasteiger partial charge in [-0.25, -0.2) is 8.42 Å². The van der Waals surface area contributed by atoms with Crippen LogP contribution in [0.5, 0.6) is 0 Å². The van der Waals surface area contributed by atoms with Crippen LogP contribution in [0.4, 0.5) is 0 Å². The Labute approximate surface area is 171 Å². The highest BCUT2D eigenvalue weighted by atomic mass is 32.2. The quantitative estimate of drug-likeness (QED) is 0.768. The highest BCUT2D eigenvalue weighted by Crippen LogP contribution is 2.30. The van der Waals surface area contributed by atoms with Gasteiger partial charge in [-0.2, -0.15) is 4.31 Å². The molecular weight excluding hydrogens is 392 g/mol. The molecule has 1 aromatic carbocycles. The predicted molar refractivity (Wildman–Crippen MR) is 112 cm³/mol. The molecule has 28 heavy (non-hydrogen) atoms. The molecule has 1 aliphatic heterocycles. The second-order valence-corrected chi connectivity index (χ2v) is 10.8. The van der Waals surface area contributed by atoms with Gasteiger partial charge in [-0.15, -0.1) is 11.3 Å². The number of nitrogens with zero attached hydrogens (tertiary/aromatic N) is 2. The number of benzene rings is 1. The zero-order valence-corrected chi connectivity index (χ0v) is 18.0. The highest BCUT2D eigenvalue weighted by Gasteiger charge is 2.31. The Morgan fingerprint density at radius 2 is 1.68 bits per heavy atom. The molecule has 1 fully saturated rings. The number of piperazine rings is 1. The molecule has 0 N–H and O–H groups in total. The van der Waals surface area contributed by atoms with Crippen molar-refractivity contribution in [1.29, 1.82) is 0 Å². The van der Waals surface area contributed by atoms with E-state index in [1.165, 1.54) is 27.6 Å². The Balaban J connectivity index is 1.44. The van der Waals surface area contributed by atoms with E-state index >= 15 is 0 Å². The van der Waals surface area contributed by atoms with Crippen molar-refractivity contribution in [3.05, 3.63) is 50.7 Å². The standard InChI is InChI=1S/C21H26N2O3S2/c1-15-7-8-18(13-16(15)2)28(25,26)23-11-9-22(10-12-23)21(24)20-14-17-5-3-4-6-19(17)27-20/h7-8,13-14H,3-6,9-12H2,1-2H3. The van der Waals surface area contributed by atoms with E-state index in [2.05, 4.69) is 6.07 Å². The van der Waals surface area contributed by atoms with E-state index < -0.39 is 10.0 Å². The first-order chi connectivity index (χ1) is 13.4. The summed E-state index contributed by atoms with van der Waals surface area (Å²) in [5.74, 6) is 0.0441. The van der Waals surface area contributed by atoms with Crippen molar-refractivity contribution < 1.29 is 13.2 Å². The number of aryl methyl sites for hydroxylation is 4. The Kier molecular flexibility index (Phi) is 5.33. The lowest BCUT2D eigenvalue weighted by Gasteiger charge is -2.33. The van der Waals surface area contributed by atoms with E-state index in [-0.39, 0.29) is 5.91 Å². The molecule has 1 aromatic heterocycles. The molecule has 0 bridgehead atoms. The van der Waals surface area contributed by atoms with Gasteiger partial charge in [-0.3, -0.25) is 4.79 Å². The van der Waals surface area contributed by atoms with E-state index in [1.807, 2.05) is 19.9 Å². The van der Waals surface area contributed by atoms with Crippen LogP contribution in [0.2, 0.25) is 0 Å². The van der Waals surface area contributed by atoms with Crippen molar-refractivity contribution in [1.82, 2.24) is 9.21 Å². The summed E-state index contributed by atoms with van der Waals surface area (Å²) in [6.45, 7) is 5.44. The molecule has 0 radical (unpaired) electrons. The maximum atomic E-state index is 13.0. The minimum absolute atomic E-state index is 0.0441. The Bertz CT molecular complexity index is 979. The van der Waals surface area contributed by atoms with Crippen molar-refractivity contribution in [2.75, 3.05) is 26.2 Å². The molecule has 1 saturated heterocycles. The molecule has 4 rings (SSSR count). The summed E-state index contributed by atoms with van der Waals surface area (Å²) in [6.07, 6.45) is 4.55. The number of fused-ring (bicyclic) bond motifs is 1. The summed E-state index contributed by atoms with van der Waals surface area (Å²) in [5.41, 5.74) is 3.38. The second kappa shape index (κ2) is 7.61. The fourth-order valence-electron chi connectivity index (χ4n) is 3.91. The van der Waals surface area contributed by atoms with Crippen LogP contribution in [0.3, 0.4) is 0 Å². The molecule has 7 heteroatoms. The number of sulfonamides is 1. The number of amides is 1. The zero-order chi connectivity index (χ0) is 19.9. The first kappa shape index (κ1) is 19.6. The van der Waals surface area contributed by atoms with Gasteiger partial charge in [0.2, 0.25) is 10.0 Å². The van der Waals surface area contributed by atoms with Gasteiger partial charge in [0.05, 0.1) is 9.77 Å². The summed E-state index contributed by atoms with van der Waals surface area (Å²) in [6, 6.07) is 7.31. The first-order valence-electron chi connectivity index (χ1n) is 9.84. The van der Waals surface area contributed by atoms with Crippen LogP contribution >= 0.6 is 11.3 Å². The van der Waals surface area contributed by atoms with Crippen molar-refractivity contribution in [3.8, 4) is 0 Å². The first-order valence-corrected chi connectivity index (χ1v) is 12.1. The van der Waals surface area contributed by atoms with Crippen LogP contribution in [0.1, 0.15) is 44.1 Å². The maximum absolute atomic E-state index is 13.0. The van der Waals surface area contributed by atoms with Gasteiger partial charge >= 0.3 is 0 Å². The SMILES string of the molecule is Cc1ccc(S(=O)(=O)N2CCN(C(=O)c3cc4c(s3)CCCC4)CC2)cc1C. The van der Waals surface area contributed by atoms with Crippen LogP contribution in [0, 0.1) is 13.8 Å². The third-order valence-electron chi connectivity index (χ3n) is 5.85. The number of rotatable bonds is 3. The van der Waals surface area contributed by atoms with Gasteiger partial charge in [-0.05, 0) is 74.4 Å². The zero-order valence-electron chi connectivity index (χ0n) is 16.4. The van der Waals surface area contributed by atoms with E-state index in [1.54, 1.807) is 28.4 Å². The fraction of sp³-hybridized carbons (Fsp3) is 0.476. The van der Waals surface area contributed by atoms with E-state index in [0.717, 1.165) is 28.8 Å². The van der Waals surface area contributed by atoms with Crippen LogP contribution in [-0.2, 0) is 22.9 Å². The van der Waals surface area contributed by atoms with Gasteiger partial charge in [0.25, 0.3) is 5.91 Å². The minimum Gasteiger partial charge on any atom is -0.335 e. The third kappa shape index (κ3) is 3.63. The number of carbonyl (C=O) groups excluding carboxylic acids is 1. The monoisotopic (exact) mass is 418 g/mol. The largest absolute Gasteiger partial charge is 0.335 e. The molecule has 2 aliphatic rings. The van der Waals surface area contributed by atoms with E-state index in [9.17, 15) is 13.2 Å². The number of thiophene rings is 1.